The lowest BCUT2D eigenvalue weighted by Gasteiger charge is -2.23. The first-order valence-electron chi connectivity index (χ1n) is 6.45. The van der Waals surface area contributed by atoms with Crippen molar-refractivity contribution in [2.45, 2.75) is 13.8 Å². The molecule has 0 bridgehead atoms. The maximum Gasteiger partial charge on any atom is 0.323 e. The predicted octanol–water partition coefficient (Wildman–Crippen LogP) is -0.525. The van der Waals surface area contributed by atoms with Crippen LogP contribution in [0.5, 0.6) is 0 Å². The lowest BCUT2D eigenvalue weighted by atomic mass is 10.1. The lowest BCUT2D eigenvalue weighted by molar-refractivity contribution is -0.137. The largest absolute Gasteiger partial charge is 0.480 e. The summed E-state index contributed by atoms with van der Waals surface area (Å²) in [6.45, 7) is 3.56. The van der Waals surface area contributed by atoms with Crippen molar-refractivity contribution in [1.82, 2.24) is 20.0 Å². The molecule has 1 amide bonds. The highest BCUT2D eigenvalue weighted by molar-refractivity contribution is 5.96. The number of likely N-dealkylation sites (N-methyl/N-ethyl adjacent to an activating group) is 1. The average molecular weight is 296 g/mol. The summed E-state index contributed by atoms with van der Waals surface area (Å²) < 4.78 is 0. The Morgan fingerprint density at radius 1 is 1.24 bits per heavy atom. The number of hydrogen-bond acceptors (Lipinski definition) is 5. The Morgan fingerprint density at radius 3 is 2.38 bits per heavy atom. The number of carboxylic acid groups (broad SMARTS) is 1. The standard InChI is InChI=1S/C13H20N4O4/c1-8-9(2)14-15-12(20)11(8)13(21)17(7-10(18)19)6-5-16(3)4/h5-7H2,1-4H3,(H,15,20)(H,18,19). The molecule has 21 heavy (non-hydrogen) atoms. The van der Waals surface area contributed by atoms with Crippen LogP contribution < -0.4 is 5.56 Å². The molecule has 0 saturated carbocycles. The molecule has 1 aromatic rings. The van der Waals surface area contributed by atoms with E-state index in [1.54, 1.807) is 13.8 Å². The lowest BCUT2D eigenvalue weighted by Crippen LogP contribution is -2.42. The molecule has 0 aliphatic rings. The quantitative estimate of drug-likeness (QED) is 0.731. The summed E-state index contributed by atoms with van der Waals surface area (Å²) in [7, 11) is 3.64. The maximum atomic E-state index is 12.5. The van der Waals surface area contributed by atoms with Crippen LogP contribution in [-0.2, 0) is 4.79 Å². The highest BCUT2D eigenvalue weighted by Gasteiger charge is 2.24. The third-order valence-electron chi connectivity index (χ3n) is 3.11. The highest BCUT2D eigenvalue weighted by atomic mass is 16.4. The molecule has 8 heteroatoms. The third-order valence-corrected chi connectivity index (χ3v) is 3.11. The van der Waals surface area contributed by atoms with Gasteiger partial charge in [0.15, 0.2) is 0 Å². The molecular formula is C13H20N4O4. The molecule has 0 radical (unpaired) electrons. The number of carboxylic acids is 1. The van der Waals surface area contributed by atoms with Crippen LogP contribution in [-0.4, -0.2) is 70.7 Å². The van der Waals surface area contributed by atoms with Crippen LogP contribution in [0.2, 0.25) is 0 Å². The van der Waals surface area contributed by atoms with Crippen molar-refractivity contribution < 1.29 is 14.7 Å². The summed E-state index contributed by atoms with van der Waals surface area (Å²) in [6.07, 6.45) is 0. The number of amides is 1. The molecule has 0 atom stereocenters. The van der Waals surface area contributed by atoms with Crippen LogP contribution in [0.15, 0.2) is 4.79 Å². The molecule has 1 aromatic heterocycles. The van der Waals surface area contributed by atoms with Gasteiger partial charge in [0.1, 0.15) is 12.1 Å². The zero-order chi connectivity index (χ0) is 16.2. The van der Waals surface area contributed by atoms with Gasteiger partial charge in [-0.1, -0.05) is 0 Å². The Morgan fingerprint density at radius 2 is 1.86 bits per heavy atom. The number of hydrogen-bond donors (Lipinski definition) is 2. The SMILES string of the molecule is Cc1n[nH]c(=O)c(C(=O)N(CCN(C)C)CC(=O)O)c1C. The minimum absolute atomic E-state index is 0.0532. The molecule has 116 valence electrons. The summed E-state index contributed by atoms with van der Waals surface area (Å²) >= 11 is 0. The summed E-state index contributed by atoms with van der Waals surface area (Å²) in [5.74, 6) is -1.72. The van der Waals surface area contributed by atoms with E-state index in [-0.39, 0.29) is 12.1 Å². The summed E-state index contributed by atoms with van der Waals surface area (Å²) in [5, 5.41) is 15.0. The second kappa shape index (κ2) is 6.98. The first kappa shape index (κ1) is 16.8. The summed E-state index contributed by atoms with van der Waals surface area (Å²) in [5.41, 5.74) is 0.329. The number of rotatable bonds is 6. The maximum absolute atomic E-state index is 12.5. The monoisotopic (exact) mass is 296 g/mol. The Labute approximate surface area is 122 Å². The van der Waals surface area contributed by atoms with Crippen molar-refractivity contribution in [3.63, 3.8) is 0 Å². The van der Waals surface area contributed by atoms with Gasteiger partial charge in [0.25, 0.3) is 11.5 Å². The molecule has 0 saturated heterocycles. The summed E-state index contributed by atoms with van der Waals surface area (Å²) in [6, 6.07) is 0. The third kappa shape index (κ3) is 4.38. The van der Waals surface area contributed by atoms with Crippen molar-refractivity contribution >= 4 is 11.9 Å². The van der Waals surface area contributed by atoms with Crippen LogP contribution in [0.1, 0.15) is 21.6 Å². The van der Waals surface area contributed by atoms with Gasteiger partial charge in [-0.25, -0.2) is 5.10 Å². The van der Waals surface area contributed by atoms with E-state index in [4.69, 9.17) is 5.11 Å². The Kier molecular flexibility index (Phi) is 5.60. The zero-order valence-corrected chi connectivity index (χ0v) is 12.6. The van der Waals surface area contributed by atoms with Gasteiger partial charge in [-0.3, -0.25) is 14.4 Å². The number of carbonyl (C=O) groups is 2. The smallest absolute Gasteiger partial charge is 0.323 e. The van der Waals surface area contributed by atoms with E-state index in [0.29, 0.717) is 17.8 Å². The minimum atomic E-state index is -1.12. The van der Waals surface area contributed by atoms with E-state index in [9.17, 15) is 14.4 Å². The van der Waals surface area contributed by atoms with E-state index in [0.717, 1.165) is 4.90 Å². The van der Waals surface area contributed by atoms with E-state index < -0.39 is 24.0 Å². The molecule has 2 N–H and O–H groups in total. The summed E-state index contributed by atoms with van der Waals surface area (Å²) in [4.78, 5) is 38.2. The Balaban J connectivity index is 3.13. The van der Waals surface area contributed by atoms with Gasteiger partial charge < -0.3 is 14.9 Å². The molecule has 0 aliphatic carbocycles. The molecule has 0 aromatic carbocycles. The van der Waals surface area contributed by atoms with Crippen molar-refractivity contribution in [3.05, 3.63) is 27.2 Å². The van der Waals surface area contributed by atoms with Crippen molar-refractivity contribution in [2.24, 2.45) is 0 Å². The molecule has 0 aliphatic heterocycles. The molecule has 1 heterocycles. The van der Waals surface area contributed by atoms with Crippen molar-refractivity contribution in [3.8, 4) is 0 Å². The van der Waals surface area contributed by atoms with E-state index in [1.165, 1.54) is 0 Å². The van der Waals surface area contributed by atoms with Gasteiger partial charge in [0, 0.05) is 13.1 Å². The second-order valence-corrected chi connectivity index (χ2v) is 5.06. The fraction of sp³-hybridized carbons (Fsp3) is 0.538. The van der Waals surface area contributed by atoms with Crippen LogP contribution >= 0.6 is 0 Å². The number of aromatic nitrogens is 2. The first-order valence-corrected chi connectivity index (χ1v) is 6.45. The highest BCUT2D eigenvalue weighted by Crippen LogP contribution is 2.08. The molecular weight excluding hydrogens is 276 g/mol. The van der Waals surface area contributed by atoms with Gasteiger partial charge in [0.2, 0.25) is 0 Å². The molecule has 8 nitrogen and oxygen atoms in total. The number of nitrogens with one attached hydrogen (secondary N) is 1. The number of aryl methyl sites for hydroxylation is 1. The molecule has 0 unspecified atom stereocenters. The second-order valence-electron chi connectivity index (χ2n) is 5.06. The van der Waals surface area contributed by atoms with Crippen LogP contribution in [0, 0.1) is 13.8 Å². The van der Waals surface area contributed by atoms with Crippen LogP contribution in [0.3, 0.4) is 0 Å². The zero-order valence-electron chi connectivity index (χ0n) is 12.6. The Bertz CT molecular complexity index is 594. The van der Waals surface area contributed by atoms with Crippen molar-refractivity contribution in [2.75, 3.05) is 33.7 Å². The van der Waals surface area contributed by atoms with E-state index >= 15 is 0 Å². The Hall–Kier alpha value is -2.22. The van der Waals surface area contributed by atoms with Gasteiger partial charge >= 0.3 is 5.97 Å². The van der Waals surface area contributed by atoms with E-state index in [1.807, 2.05) is 19.0 Å². The van der Waals surface area contributed by atoms with Gasteiger partial charge in [-0.05, 0) is 33.5 Å². The minimum Gasteiger partial charge on any atom is -0.480 e. The van der Waals surface area contributed by atoms with E-state index in [2.05, 4.69) is 10.2 Å². The van der Waals surface area contributed by atoms with Gasteiger partial charge in [-0.15, -0.1) is 0 Å². The molecule has 0 fully saturated rings. The van der Waals surface area contributed by atoms with Gasteiger partial charge in [0.05, 0.1) is 5.69 Å². The predicted molar refractivity (Wildman–Crippen MR) is 76.4 cm³/mol. The van der Waals surface area contributed by atoms with Crippen LogP contribution in [0.4, 0.5) is 0 Å². The average Bonchev–Trinajstić information content (AvgIpc) is 2.38. The molecule has 1 rings (SSSR count). The normalized spacial score (nSPS) is 10.7. The van der Waals surface area contributed by atoms with Crippen LogP contribution in [0.25, 0.3) is 0 Å². The van der Waals surface area contributed by atoms with Gasteiger partial charge in [-0.2, -0.15) is 5.10 Å². The fourth-order valence-electron chi connectivity index (χ4n) is 1.78. The number of carbonyl (C=O) groups excluding carboxylic acids is 1. The van der Waals surface area contributed by atoms with Crippen molar-refractivity contribution in [1.29, 1.82) is 0 Å². The number of H-pyrrole nitrogens is 1. The first-order chi connectivity index (χ1) is 9.73. The number of aromatic amines is 1. The number of aliphatic carboxylic acids is 1. The number of nitrogens with zero attached hydrogens (tertiary/aromatic N) is 3. The fourth-order valence-corrected chi connectivity index (χ4v) is 1.78. The molecule has 0 spiro atoms. The topological polar surface area (TPSA) is 107 Å².